The highest BCUT2D eigenvalue weighted by molar-refractivity contribution is 5.99. The predicted octanol–water partition coefficient (Wildman–Crippen LogP) is 2.94. The van der Waals surface area contributed by atoms with Crippen molar-refractivity contribution in [3.05, 3.63) is 94.0 Å². The van der Waals surface area contributed by atoms with E-state index in [1.54, 1.807) is 0 Å². The minimum absolute atomic E-state index is 0.434. The van der Waals surface area contributed by atoms with Crippen molar-refractivity contribution in [2.75, 3.05) is 0 Å². The maximum Gasteiger partial charge on any atom is 0.0285 e. The van der Waals surface area contributed by atoms with Gasteiger partial charge in [0.25, 0.3) is 0 Å². The Hall–Kier alpha value is -2.34. The largest absolute Gasteiger partial charge is 0.0795 e. The van der Waals surface area contributed by atoms with E-state index in [0.29, 0.717) is 5.92 Å². The molecule has 1 atom stereocenters. The van der Waals surface area contributed by atoms with E-state index in [2.05, 4.69) is 66.8 Å². The summed E-state index contributed by atoms with van der Waals surface area (Å²) in [7, 11) is 0. The third kappa shape index (κ3) is 1.17. The van der Waals surface area contributed by atoms with Crippen LogP contribution in [0.1, 0.15) is 6.42 Å². The van der Waals surface area contributed by atoms with Crippen LogP contribution in [0.2, 0.25) is 0 Å². The number of hydrogen-bond acceptors (Lipinski definition) is 0. The molecule has 0 radical (unpaired) electrons. The van der Waals surface area contributed by atoms with Crippen molar-refractivity contribution < 1.29 is 0 Å². The van der Waals surface area contributed by atoms with E-state index in [0.717, 1.165) is 6.42 Å². The molecule has 0 aliphatic heterocycles. The average molecular weight is 254 g/mol. The lowest BCUT2D eigenvalue weighted by Crippen LogP contribution is -2.25. The number of allylic oxidation sites excluding steroid dienone is 10. The average Bonchev–Trinajstić information content (AvgIpc) is 2.85. The van der Waals surface area contributed by atoms with Gasteiger partial charge in [-0.2, -0.15) is 0 Å². The molecule has 20 heavy (non-hydrogen) atoms. The molecule has 0 heterocycles. The van der Waals surface area contributed by atoms with Crippen LogP contribution in [0, 0.1) is 5.92 Å². The first-order valence-electron chi connectivity index (χ1n) is 7.24. The number of hydrogen-bond donors (Lipinski definition) is 0. The van der Waals surface area contributed by atoms with E-state index in [9.17, 15) is 0 Å². The van der Waals surface area contributed by atoms with Gasteiger partial charge < -0.3 is 0 Å². The number of rotatable bonds is 0. The molecule has 0 saturated carbocycles. The third-order valence-corrected chi connectivity index (χ3v) is 4.70. The van der Waals surface area contributed by atoms with Gasteiger partial charge in [0.1, 0.15) is 0 Å². The molecular formula is C20H14. The smallest absolute Gasteiger partial charge is 0.0285 e. The summed E-state index contributed by atoms with van der Waals surface area (Å²) in [6, 6.07) is 8.85. The van der Waals surface area contributed by atoms with Gasteiger partial charge in [0.2, 0.25) is 0 Å². The van der Waals surface area contributed by atoms with Crippen molar-refractivity contribution in [3.63, 3.8) is 0 Å². The first-order valence-corrected chi connectivity index (χ1v) is 7.24. The van der Waals surface area contributed by atoms with Crippen molar-refractivity contribution in [1.82, 2.24) is 0 Å². The molecule has 0 fully saturated rings. The Bertz CT molecular complexity index is 911. The highest BCUT2D eigenvalue weighted by Gasteiger charge is 2.32. The van der Waals surface area contributed by atoms with Crippen molar-refractivity contribution in [1.29, 1.82) is 0 Å². The summed E-state index contributed by atoms with van der Waals surface area (Å²) in [5.41, 5.74) is 7.37. The van der Waals surface area contributed by atoms with Gasteiger partial charge in [-0.3, -0.25) is 0 Å². The summed E-state index contributed by atoms with van der Waals surface area (Å²) in [6.07, 6.45) is 17.0. The molecule has 0 bridgehead atoms. The van der Waals surface area contributed by atoms with Gasteiger partial charge in [0.05, 0.1) is 0 Å². The van der Waals surface area contributed by atoms with Crippen LogP contribution in [0.15, 0.2) is 83.5 Å². The Labute approximate surface area is 118 Å². The van der Waals surface area contributed by atoms with Gasteiger partial charge >= 0.3 is 0 Å². The Balaban J connectivity index is 1.99. The molecule has 1 aromatic rings. The Morgan fingerprint density at radius 1 is 0.950 bits per heavy atom. The van der Waals surface area contributed by atoms with Crippen LogP contribution >= 0.6 is 0 Å². The molecular weight excluding hydrogens is 240 g/mol. The van der Waals surface area contributed by atoms with E-state index in [4.69, 9.17) is 0 Å². The van der Waals surface area contributed by atoms with E-state index in [1.165, 1.54) is 38.3 Å². The van der Waals surface area contributed by atoms with Crippen molar-refractivity contribution in [3.8, 4) is 0 Å². The van der Waals surface area contributed by atoms with Crippen LogP contribution in [0.25, 0.3) is 11.1 Å². The van der Waals surface area contributed by atoms with Gasteiger partial charge in [0.15, 0.2) is 0 Å². The zero-order valence-corrected chi connectivity index (χ0v) is 11.1. The highest BCUT2D eigenvalue weighted by Crippen LogP contribution is 2.45. The van der Waals surface area contributed by atoms with Crippen LogP contribution in [-0.2, 0) is 0 Å². The molecule has 0 aromatic heterocycles. The zero-order valence-electron chi connectivity index (χ0n) is 11.1. The normalized spacial score (nSPS) is 24.6. The fraction of sp³-hybridized carbons (Fsp3) is 0.100. The highest BCUT2D eigenvalue weighted by atomic mass is 14.3. The third-order valence-electron chi connectivity index (χ3n) is 4.70. The van der Waals surface area contributed by atoms with Gasteiger partial charge in [-0.15, -0.1) is 0 Å². The summed E-state index contributed by atoms with van der Waals surface area (Å²) in [4.78, 5) is 0. The summed E-state index contributed by atoms with van der Waals surface area (Å²) in [6.45, 7) is 0. The summed E-state index contributed by atoms with van der Waals surface area (Å²) < 4.78 is 0. The molecule has 4 aliphatic rings. The predicted molar refractivity (Wildman–Crippen MR) is 83.1 cm³/mol. The van der Waals surface area contributed by atoms with Crippen LogP contribution in [0.5, 0.6) is 0 Å². The lowest BCUT2D eigenvalue weighted by molar-refractivity contribution is 0.979. The van der Waals surface area contributed by atoms with E-state index >= 15 is 0 Å². The summed E-state index contributed by atoms with van der Waals surface area (Å²) in [5.74, 6) is 0.434. The summed E-state index contributed by atoms with van der Waals surface area (Å²) in [5, 5.41) is 2.83. The van der Waals surface area contributed by atoms with E-state index in [-0.39, 0.29) is 0 Å². The molecule has 0 saturated heterocycles. The van der Waals surface area contributed by atoms with Gasteiger partial charge in [-0.25, -0.2) is 0 Å². The SMILES string of the molecule is C1=CC2=CC3=C4C(=c5ccccc5=C4C2C=C1)C=CC3. The minimum atomic E-state index is 0.434. The van der Waals surface area contributed by atoms with Crippen LogP contribution in [-0.4, -0.2) is 0 Å². The second kappa shape index (κ2) is 3.61. The molecule has 0 amide bonds. The molecule has 1 aromatic carbocycles. The van der Waals surface area contributed by atoms with Gasteiger partial charge in [-0.1, -0.05) is 66.8 Å². The molecule has 0 nitrogen and oxygen atoms in total. The van der Waals surface area contributed by atoms with Crippen molar-refractivity contribution >= 4 is 11.1 Å². The molecule has 0 N–H and O–H groups in total. The quantitative estimate of drug-likeness (QED) is 0.668. The molecule has 1 unspecified atom stereocenters. The number of benzene rings is 1. The maximum atomic E-state index is 2.40. The first kappa shape index (κ1) is 10.4. The van der Waals surface area contributed by atoms with Gasteiger partial charge in [-0.05, 0) is 44.7 Å². The molecule has 94 valence electrons. The van der Waals surface area contributed by atoms with E-state index < -0.39 is 0 Å². The van der Waals surface area contributed by atoms with Gasteiger partial charge in [0, 0.05) is 5.92 Å². The molecule has 0 heteroatoms. The fourth-order valence-electron chi connectivity index (χ4n) is 3.90. The van der Waals surface area contributed by atoms with E-state index in [1.807, 2.05) is 0 Å². The van der Waals surface area contributed by atoms with Crippen LogP contribution in [0.4, 0.5) is 0 Å². The van der Waals surface area contributed by atoms with Crippen LogP contribution in [0.3, 0.4) is 0 Å². The second-order valence-corrected chi connectivity index (χ2v) is 5.75. The first-order chi connectivity index (χ1) is 9.93. The topological polar surface area (TPSA) is 0 Å². The lowest BCUT2D eigenvalue weighted by Gasteiger charge is -2.29. The summed E-state index contributed by atoms with van der Waals surface area (Å²) >= 11 is 0. The minimum Gasteiger partial charge on any atom is -0.0795 e. The lowest BCUT2D eigenvalue weighted by atomic mass is 9.74. The Kier molecular flexibility index (Phi) is 1.88. The standard InChI is InChI=1S/C20H14/c1-2-8-15-13(6-1)12-14-7-5-11-17-16-9-3-4-10-18(16)20(15)19(14)17/h1-6,8-12,15H,7H2. The number of fused-ring (bicyclic) bond motifs is 3. The zero-order chi connectivity index (χ0) is 13.1. The molecule has 0 spiro atoms. The van der Waals surface area contributed by atoms with Crippen molar-refractivity contribution in [2.45, 2.75) is 6.42 Å². The monoisotopic (exact) mass is 254 g/mol. The van der Waals surface area contributed by atoms with Crippen LogP contribution < -0.4 is 10.4 Å². The Morgan fingerprint density at radius 3 is 2.80 bits per heavy atom. The fourth-order valence-corrected chi connectivity index (χ4v) is 3.90. The second-order valence-electron chi connectivity index (χ2n) is 5.75. The maximum absolute atomic E-state index is 2.40. The molecule has 5 rings (SSSR count). The molecule has 4 aliphatic carbocycles. The van der Waals surface area contributed by atoms with Crippen molar-refractivity contribution in [2.24, 2.45) is 5.92 Å². The Morgan fingerprint density at radius 2 is 1.85 bits per heavy atom.